The number of rotatable bonds is 1. The van der Waals surface area contributed by atoms with Crippen molar-refractivity contribution in [1.29, 1.82) is 0 Å². The molecule has 0 heterocycles. The second kappa shape index (κ2) is 2.99. The van der Waals surface area contributed by atoms with Crippen molar-refractivity contribution in [3.8, 4) is 5.75 Å². The van der Waals surface area contributed by atoms with E-state index < -0.39 is 0 Å². The smallest absolute Gasteiger partial charge is 0.141 e. The van der Waals surface area contributed by atoms with E-state index >= 15 is 0 Å². The van der Waals surface area contributed by atoms with Gasteiger partial charge in [0.2, 0.25) is 0 Å². The van der Waals surface area contributed by atoms with Crippen molar-refractivity contribution in [3.05, 3.63) is 23.2 Å². The first kappa shape index (κ1) is 7.51. The Morgan fingerprint density at radius 1 is 1.40 bits per heavy atom. The van der Waals surface area contributed by atoms with Gasteiger partial charge >= 0.3 is 0 Å². The molecule has 0 aromatic heterocycles. The Balaban J connectivity index is 3.17. The normalized spacial score (nSPS) is 9.40. The fourth-order valence-electron chi connectivity index (χ4n) is 0.606. The summed E-state index contributed by atoms with van der Waals surface area (Å²) >= 11 is 10.9. The molecule has 0 aliphatic rings. The molecule has 0 unspecified atom stereocenters. The van der Waals surface area contributed by atoms with Gasteiger partial charge in [0.05, 0.1) is 5.02 Å². The van der Waals surface area contributed by atoms with Crippen LogP contribution < -0.4 is 4.84 Å². The average Bonchev–Trinajstić information content (AvgIpc) is 1.88. The summed E-state index contributed by atoms with van der Waals surface area (Å²) in [6.45, 7) is 0. The van der Waals surface area contributed by atoms with Crippen LogP contribution in [0.2, 0.25) is 5.02 Å². The molecule has 10 heavy (non-hydrogen) atoms. The molecule has 0 amide bonds. The van der Waals surface area contributed by atoms with Gasteiger partial charge in [-0.05, 0) is 12.1 Å². The van der Waals surface area contributed by atoms with Crippen LogP contribution in [0.25, 0.3) is 0 Å². The molecule has 0 atom stereocenters. The Hall–Kier alpha value is -0.600. The first-order chi connectivity index (χ1) is 4.75. The first-order valence-corrected chi connectivity index (χ1v) is 3.35. The standard InChI is InChI=1S/C6H5Cl2NO/c7-4-2-1-3-5(10)6(4)9-8/h1-3,9-10H. The van der Waals surface area contributed by atoms with Gasteiger partial charge in [-0.2, -0.15) is 0 Å². The van der Waals surface area contributed by atoms with Gasteiger partial charge in [0.1, 0.15) is 11.4 Å². The number of aromatic hydroxyl groups is 1. The van der Waals surface area contributed by atoms with Gasteiger partial charge in [-0.1, -0.05) is 17.7 Å². The number of anilines is 1. The van der Waals surface area contributed by atoms with Crippen molar-refractivity contribution in [2.24, 2.45) is 0 Å². The maximum Gasteiger partial charge on any atom is 0.141 e. The van der Waals surface area contributed by atoms with Crippen LogP contribution in [-0.2, 0) is 0 Å². The van der Waals surface area contributed by atoms with Crippen molar-refractivity contribution < 1.29 is 5.11 Å². The summed E-state index contributed by atoms with van der Waals surface area (Å²) in [5, 5.41) is 9.46. The number of phenolic OH excluding ortho intramolecular Hbond substituents is 1. The summed E-state index contributed by atoms with van der Waals surface area (Å²) in [6.07, 6.45) is 0. The van der Waals surface area contributed by atoms with Crippen molar-refractivity contribution in [3.63, 3.8) is 0 Å². The zero-order valence-corrected chi connectivity index (χ0v) is 6.45. The largest absolute Gasteiger partial charge is 0.506 e. The fraction of sp³-hybridized carbons (Fsp3) is 0. The van der Waals surface area contributed by atoms with Crippen molar-refractivity contribution in [1.82, 2.24) is 0 Å². The summed E-state index contributed by atoms with van der Waals surface area (Å²) in [5.41, 5.74) is 0.339. The summed E-state index contributed by atoms with van der Waals surface area (Å²) in [7, 11) is 0. The quantitative estimate of drug-likeness (QED) is 0.511. The van der Waals surface area contributed by atoms with Crippen LogP contribution in [0.15, 0.2) is 18.2 Å². The van der Waals surface area contributed by atoms with E-state index in [4.69, 9.17) is 28.5 Å². The highest BCUT2D eigenvalue weighted by Gasteiger charge is 2.02. The number of hydrogen-bond donors (Lipinski definition) is 2. The van der Waals surface area contributed by atoms with Gasteiger partial charge in [-0.25, -0.2) is 0 Å². The molecule has 0 fully saturated rings. The minimum absolute atomic E-state index is 0.0440. The summed E-state index contributed by atoms with van der Waals surface area (Å²) in [6, 6.07) is 4.76. The second-order valence-corrected chi connectivity index (χ2v) is 2.32. The number of para-hydroxylation sites is 1. The molecular weight excluding hydrogens is 173 g/mol. The minimum Gasteiger partial charge on any atom is -0.506 e. The molecule has 0 aliphatic heterocycles. The molecule has 0 saturated carbocycles. The zero-order chi connectivity index (χ0) is 7.56. The summed E-state index contributed by atoms with van der Waals surface area (Å²) in [5.74, 6) is 0.0440. The third-order valence-corrected chi connectivity index (χ3v) is 1.59. The lowest BCUT2D eigenvalue weighted by Gasteiger charge is -2.01. The van der Waals surface area contributed by atoms with Crippen LogP contribution in [0.3, 0.4) is 0 Å². The topological polar surface area (TPSA) is 32.3 Å². The molecule has 0 spiro atoms. The number of hydrogen-bond acceptors (Lipinski definition) is 2. The van der Waals surface area contributed by atoms with Gasteiger partial charge < -0.3 is 5.11 Å². The maximum atomic E-state index is 9.06. The monoisotopic (exact) mass is 177 g/mol. The molecule has 0 saturated heterocycles. The average molecular weight is 178 g/mol. The zero-order valence-electron chi connectivity index (χ0n) is 4.94. The van der Waals surface area contributed by atoms with Crippen LogP contribution in [0.4, 0.5) is 5.69 Å². The van der Waals surface area contributed by atoms with Crippen LogP contribution in [0.5, 0.6) is 5.75 Å². The molecule has 2 nitrogen and oxygen atoms in total. The lowest BCUT2D eigenvalue weighted by atomic mass is 10.3. The first-order valence-electron chi connectivity index (χ1n) is 2.60. The third kappa shape index (κ3) is 1.28. The lowest BCUT2D eigenvalue weighted by molar-refractivity contribution is 0.478. The maximum absolute atomic E-state index is 9.06. The summed E-state index contributed by atoms with van der Waals surface area (Å²) < 4.78 is 0. The SMILES string of the molecule is Oc1cccc(Cl)c1NCl. The number of halogens is 2. The van der Waals surface area contributed by atoms with E-state index in [1.807, 2.05) is 0 Å². The molecule has 2 N–H and O–H groups in total. The minimum atomic E-state index is 0.0440. The fourth-order valence-corrected chi connectivity index (χ4v) is 1.07. The Bertz CT molecular complexity index is 219. The van der Waals surface area contributed by atoms with Crippen molar-refractivity contribution >= 4 is 29.1 Å². The lowest BCUT2D eigenvalue weighted by Crippen LogP contribution is -1.81. The Kier molecular flexibility index (Phi) is 2.25. The highest BCUT2D eigenvalue weighted by molar-refractivity contribution is 6.36. The van der Waals surface area contributed by atoms with Gasteiger partial charge in [0, 0.05) is 11.8 Å². The van der Waals surface area contributed by atoms with Crippen LogP contribution in [-0.4, -0.2) is 5.11 Å². The van der Waals surface area contributed by atoms with Crippen LogP contribution >= 0.6 is 23.4 Å². The number of benzene rings is 1. The molecule has 1 rings (SSSR count). The molecule has 0 aliphatic carbocycles. The van der Waals surface area contributed by atoms with Gasteiger partial charge in [0.25, 0.3) is 0 Å². The van der Waals surface area contributed by atoms with E-state index in [-0.39, 0.29) is 5.75 Å². The van der Waals surface area contributed by atoms with E-state index in [2.05, 4.69) is 4.84 Å². The second-order valence-electron chi connectivity index (χ2n) is 1.73. The van der Waals surface area contributed by atoms with Crippen LogP contribution in [0, 0.1) is 0 Å². The number of phenols is 1. The van der Waals surface area contributed by atoms with Crippen molar-refractivity contribution in [2.45, 2.75) is 0 Å². The molecule has 0 radical (unpaired) electrons. The molecule has 1 aromatic rings. The van der Waals surface area contributed by atoms with E-state index in [9.17, 15) is 0 Å². The van der Waals surface area contributed by atoms with E-state index in [0.29, 0.717) is 10.7 Å². The molecule has 54 valence electrons. The van der Waals surface area contributed by atoms with Gasteiger partial charge in [-0.15, -0.1) is 0 Å². The predicted molar refractivity (Wildman–Crippen MR) is 42.6 cm³/mol. The number of nitrogens with one attached hydrogen (secondary N) is 1. The van der Waals surface area contributed by atoms with Gasteiger partial charge in [-0.3, -0.25) is 4.84 Å². The third-order valence-electron chi connectivity index (χ3n) is 1.09. The highest BCUT2D eigenvalue weighted by atomic mass is 35.5. The van der Waals surface area contributed by atoms with Crippen molar-refractivity contribution in [2.75, 3.05) is 4.84 Å². The summed E-state index contributed by atoms with van der Waals surface area (Å²) in [4.78, 5) is 2.25. The van der Waals surface area contributed by atoms with E-state index in [0.717, 1.165) is 0 Å². The molecule has 1 aromatic carbocycles. The Morgan fingerprint density at radius 3 is 2.50 bits per heavy atom. The van der Waals surface area contributed by atoms with Crippen LogP contribution in [0.1, 0.15) is 0 Å². The molecular formula is C6H5Cl2NO. The highest BCUT2D eigenvalue weighted by Crippen LogP contribution is 2.31. The van der Waals surface area contributed by atoms with E-state index in [1.165, 1.54) is 6.07 Å². The Morgan fingerprint density at radius 2 is 2.10 bits per heavy atom. The Labute approximate surface area is 68.5 Å². The van der Waals surface area contributed by atoms with Gasteiger partial charge in [0.15, 0.2) is 0 Å². The molecule has 0 bridgehead atoms. The molecule has 4 heteroatoms. The van der Waals surface area contributed by atoms with E-state index in [1.54, 1.807) is 12.1 Å². The predicted octanol–water partition coefficient (Wildman–Crippen LogP) is 2.61.